The summed E-state index contributed by atoms with van der Waals surface area (Å²) in [6.45, 7) is 8.77. The monoisotopic (exact) mass is 221 g/mol. The number of benzene rings is 1. The second kappa shape index (κ2) is 6.02. The maximum absolute atomic E-state index is 8.87. The fraction of sp³-hybridized carbons (Fsp3) is 0.571. The lowest BCUT2D eigenvalue weighted by Gasteiger charge is -2.20. The molecule has 1 aromatic carbocycles. The van der Waals surface area contributed by atoms with Gasteiger partial charge in [-0.05, 0) is 39.7 Å². The van der Waals surface area contributed by atoms with Gasteiger partial charge in [-0.25, -0.2) is 0 Å². The minimum atomic E-state index is 0.244. The van der Waals surface area contributed by atoms with Gasteiger partial charge in [-0.2, -0.15) is 0 Å². The minimum absolute atomic E-state index is 0.244. The van der Waals surface area contributed by atoms with E-state index >= 15 is 0 Å². The van der Waals surface area contributed by atoms with E-state index in [0.717, 1.165) is 6.42 Å². The standard InChI is InChI=1S/C14H23NO/c1-10-7-11(2)9-14(8-10)13(4)15-12(3)5-6-16/h7-9,12-13,15-16H,5-6H2,1-4H3. The van der Waals surface area contributed by atoms with Gasteiger partial charge in [0.25, 0.3) is 0 Å². The molecule has 1 rings (SSSR count). The maximum Gasteiger partial charge on any atom is 0.0445 e. The van der Waals surface area contributed by atoms with Gasteiger partial charge in [-0.15, -0.1) is 0 Å². The van der Waals surface area contributed by atoms with Crippen LogP contribution >= 0.6 is 0 Å². The Kier molecular flexibility index (Phi) is 4.97. The third-order valence-corrected chi connectivity index (χ3v) is 2.84. The first kappa shape index (κ1) is 13.2. The van der Waals surface area contributed by atoms with Crippen LogP contribution in [-0.2, 0) is 0 Å². The summed E-state index contributed by atoms with van der Waals surface area (Å²) in [5, 5.41) is 12.4. The number of rotatable bonds is 5. The van der Waals surface area contributed by atoms with Crippen molar-refractivity contribution < 1.29 is 5.11 Å². The van der Waals surface area contributed by atoms with Gasteiger partial charge in [0.1, 0.15) is 0 Å². The molecule has 0 bridgehead atoms. The van der Waals surface area contributed by atoms with Crippen molar-refractivity contribution in [3.63, 3.8) is 0 Å². The first-order valence-electron chi connectivity index (χ1n) is 5.98. The van der Waals surface area contributed by atoms with E-state index in [1.807, 2.05) is 0 Å². The lowest BCUT2D eigenvalue weighted by Crippen LogP contribution is -2.29. The Morgan fingerprint density at radius 3 is 2.19 bits per heavy atom. The van der Waals surface area contributed by atoms with Crippen LogP contribution in [0.15, 0.2) is 18.2 Å². The van der Waals surface area contributed by atoms with Crippen LogP contribution in [0.4, 0.5) is 0 Å². The Labute approximate surface area is 98.7 Å². The molecule has 0 aliphatic rings. The molecule has 1 aromatic rings. The number of hydrogen-bond donors (Lipinski definition) is 2. The first-order chi connectivity index (χ1) is 7.52. The Bertz CT molecular complexity index is 315. The summed E-state index contributed by atoms with van der Waals surface area (Å²) in [6, 6.07) is 7.31. The van der Waals surface area contributed by atoms with Crippen LogP contribution in [0.5, 0.6) is 0 Å². The summed E-state index contributed by atoms with van der Waals surface area (Å²) in [5.74, 6) is 0. The van der Waals surface area contributed by atoms with Crippen molar-refractivity contribution in [3.8, 4) is 0 Å². The minimum Gasteiger partial charge on any atom is -0.396 e. The van der Waals surface area contributed by atoms with Gasteiger partial charge in [-0.1, -0.05) is 29.3 Å². The fourth-order valence-electron chi connectivity index (χ4n) is 2.06. The summed E-state index contributed by atoms with van der Waals surface area (Å²) in [5.41, 5.74) is 3.93. The highest BCUT2D eigenvalue weighted by atomic mass is 16.3. The molecule has 0 spiro atoms. The predicted octanol–water partition coefficient (Wildman–Crippen LogP) is 2.72. The second-order valence-electron chi connectivity index (χ2n) is 4.72. The summed E-state index contributed by atoms with van der Waals surface area (Å²) < 4.78 is 0. The highest BCUT2D eigenvalue weighted by molar-refractivity contribution is 5.30. The third-order valence-electron chi connectivity index (χ3n) is 2.84. The Morgan fingerprint density at radius 2 is 1.69 bits per heavy atom. The molecule has 0 aliphatic carbocycles. The van der Waals surface area contributed by atoms with E-state index in [-0.39, 0.29) is 6.61 Å². The topological polar surface area (TPSA) is 32.3 Å². The third kappa shape index (κ3) is 3.95. The molecule has 2 N–H and O–H groups in total. The number of aliphatic hydroxyl groups is 1. The summed E-state index contributed by atoms with van der Waals surface area (Å²) in [7, 11) is 0. The number of aliphatic hydroxyl groups excluding tert-OH is 1. The fourth-order valence-corrected chi connectivity index (χ4v) is 2.06. The summed E-state index contributed by atoms with van der Waals surface area (Å²) in [4.78, 5) is 0. The molecule has 2 atom stereocenters. The van der Waals surface area contributed by atoms with Gasteiger partial charge >= 0.3 is 0 Å². The van der Waals surface area contributed by atoms with E-state index in [1.54, 1.807) is 0 Å². The van der Waals surface area contributed by atoms with Crippen LogP contribution in [0.1, 0.15) is 43.0 Å². The van der Waals surface area contributed by atoms with E-state index in [2.05, 4.69) is 51.2 Å². The average Bonchev–Trinajstić information content (AvgIpc) is 2.16. The highest BCUT2D eigenvalue weighted by Gasteiger charge is 2.09. The van der Waals surface area contributed by atoms with Crippen LogP contribution in [0.3, 0.4) is 0 Å². The first-order valence-corrected chi connectivity index (χ1v) is 5.98. The van der Waals surface area contributed by atoms with Crippen molar-refractivity contribution in [2.45, 2.75) is 46.2 Å². The Hall–Kier alpha value is -0.860. The molecule has 0 amide bonds. The van der Waals surface area contributed by atoms with E-state index < -0.39 is 0 Å². The molecule has 2 unspecified atom stereocenters. The average molecular weight is 221 g/mol. The molecule has 0 fully saturated rings. The zero-order chi connectivity index (χ0) is 12.1. The molecular formula is C14H23NO. The molecule has 0 saturated carbocycles. The van der Waals surface area contributed by atoms with Crippen LogP contribution in [-0.4, -0.2) is 17.8 Å². The lowest BCUT2D eigenvalue weighted by molar-refractivity contribution is 0.264. The Balaban J connectivity index is 2.68. The number of hydrogen-bond acceptors (Lipinski definition) is 2. The molecule has 0 aromatic heterocycles. The van der Waals surface area contributed by atoms with Gasteiger partial charge in [-0.3, -0.25) is 0 Å². The van der Waals surface area contributed by atoms with Crippen LogP contribution in [0, 0.1) is 13.8 Å². The second-order valence-corrected chi connectivity index (χ2v) is 4.72. The highest BCUT2D eigenvalue weighted by Crippen LogP contribution is 2.17. The summed E-state index contributed by atoms with van der Waals surface area (Å²) in [6.07, 6.45) is 0.801. The Morgan fingerprint density at radius 1 is 1.12 bits per heavy atom. The molecule has 0 saturated heterocycles. The predicted molar refractivity (Wildman–Crippen MR) is 68.6 cm³/mol. The molecular weight excluding hydrogens is 198 g/mol. The molecule has 2 nitrogen and oxygen atoms in total. The molecule has 0 heterocycles. The van der Waals surface area contributed by atoms with Crippen molar-refractivity contribution in [2.75, 3.05) is 6.61 Å². The molecule has 90 valence electrons. The van der Waals surface area contributed by atoms with E-state index in [4.69, 9.17) is 5.11 Å². The lowest BCUT2D eigenvalue weighted by atomic mass is 10.0. The van der Waals surface area contributed by atoms with Gasteiger partial charge in [0, 0.05) is 18.7 Å². The van der Waals surface area contributed by atoms with E-state index in [0.29, 0.717) is 12.1 Å². The van der Waals surface area contributed by atoms with Gasteiger partial charge in [0.2, 0.25) is 0 Å². The van der Waals surface area contributed by atoms with Gasteiger partial charge in [0.05, 0.1) is 0 Å². The smallest absolute Gasteiger partial charge is 0.0445 e. The van der Waals surface area contributed by atoms with Crippen LogP contribution < -0.4 is 5.32 Å². The van der Waals surface area contributed by atoms with Crippen molar-refractivity contribution in [1.29, 1.82) is 0 Å². The van der Waals surface area contributed by atoms with Crippen LogP contribution in [0.25, 0.3) is 0 Å². The maximum atomic E-state index is 8.87. The van der Waals surface area contributed by atoms with Crippen molar-refractivity contribution >= 4 is 0 Å². The number of nitrogens with one attached hydrogen (secondary N) is 1. The molecule has 2 heteroatoms. The van der Waals surface area contributed by atoms with E-state index in [1.165, 1.54) is 16.7 Å². The quantitative estimate of drug-likeness (QED) is 0.801. The molecule has 0 aliphatic heterocycles. The van der Waals surface area contributed by atoms with E-state index in [9.17, 15) is 0 Å². The normalized spacial score (nSPS) is 14.8. The largest absolute Gasteiger partial charge is 0.396 e. The van der Waals surface area contributed by atoms with Crippen molar-refractivity contribution in [2.24, 2.45) is 0 Å². The molecule has 16 heavy (non-hydrogen) atoms. The number of aryl methyl sites for hydroxylation is 2. The van der Waals surface area contributed by atoms with Gasteiger partial charge < -0.3 is 10.4 Å². The van der Waals surface area contributed by atoms with Crippen LogP contribution in [0.2, 0.25) is 0 Å². The van der Waals surface area contributed by atoms with Gasteiger partial charge in [0.15, 0.2) is 0 Å². The zero-order valence-corrected chi connectivity index (χ0v) is 10.7. The van der Waals surface area contributed by atoms with Crippen molar-refractivity contribution in [1.82, 2.24) is 5.32 Å². The SMILES string of the molecule is Cc1cc(C)cc(C(C)NC(C)CCO)c1. The summed E-state index contributed by atoms with van der Waals surface area (Å²) >= 11 is 0. The zero-order valence-electron chi connectivity index (χ0n) is 10.7. The molecule has 0 radical (unpaired) electrons. The van der Waals surface area contributed by atoms with Crippen molar-refractivity contribution in [3.05, 3.63) is 34.9 Å².